The summed E-state index contributed by atoms with van der Waals surface area (Å²) >= 11 is 0. The minimum Gasteiger partial charge on any atom is -0.481 e. The fraction of sp³-hybridized carbons (Fsp3) is 0.778. The first-order chi connectivity index (χ1) is 5.85. The van der Waals surface area contributed by atoms with Crippen molar-refractivity contribution in [3.05, 3.63) is 0 Å². The molecule has 0 aromatic rings. The number of carbonyl (C=O) groups excluding carboxylic acids is 1. The Balaban J connectivity index is 4.26. The van der Waals surface area contributed by atoms with Crippen molar-refractivity contribution >= 4 is 12.0 Å². The number of aliphatic imine (C=N–C) groups is 1. The van der Waals surface area contributed by atoms with E-state index in [-0.39, 0.29) is 11.8 Å². The summed E-state index contributed by atoms with van der Waals surface area (Å²) in [4.78, 5) is 23.8. The average molecular weight is 185 g/mol. The van der Waals surface area contributed by atoms with Crippen LogP contribution in [0.3, 0.4) is 0 Å². The van der Waals surface area contributed by atoms with E-state index in [4.69, 9.17) is 5.11 Å². The lowest BCUT2D eigenvalue weighted by Gasteiger charge is -2.21. The zero-order chi connectivity index (χ0) is 10.5. The molecule has 0 aromatic carbocycles. The highest BCUT2D eigenvalue weighted by molar-refractivity contribution is 5.67. The van der Waals surface area contributed by atoms with Gasteiger partial charge in [-0.25, -0.2) is 9.79 Å². The van der Waals surface area contributed by atoms with Crippen LogP contribution in [0, 0.1) is 5.41 Å². The predicted octanol–water partition coefficient (Wildman–Crippen LogP) is 1.60. The lowest BCUT2D eigenvalue weighted by atomic mass is 9.87. The van der Waals surface area contributed by atoms with Crippen LogP contribution in [0.15, 0.2) is 4.99 Å². The van der Waals surface area contributed by atoms with Gasteiger partial charge in [-0.15, -0.1) is 0 Å². The fourth-order valence-corrected chi connectivity index (χ4v) is 1.15. The van der Waals surface area contributed by atoms with Crippen LogP contribution in [0.5, 0.6) is 0 Å². The van der Waals surface area contributed by atoms with Crippen LogP contribution in [-0.4, -0.2) is 23.2 Å². The third-order valence-corrected chi connectivity index (χ3v) is 1.49. The van der Waals surface area contributed by atoms with Crippen LogP contribution < -0.4 is 0 Å². The highest BCUT2D eigenvalue weighted by Gasteiger charge is 2.20. The molecule has 0 radical (unpaired) electrons. The molecule has 0 aliphatic carbocycles. The minimum absolute atomic E-state index is 0.0273. The Kier molecular flexibility index (Phi) is 4.35. The van der Waals surface area contributed by atoms with Crippen LogP contribution >= 0.6 is 0 Å². The summed E-state index contributed by atoms with van der Waals surface area (Å²) in [5.41, 5.74) is -0.0273. The van der Waals surface area contributed by atoms with Crippen LogP contribution in [-0.2, 0) is 9.59 Å². The molecule has 0 aliphatic rings. The summed E-state index contributed by atoms with van der Waals surface area (Å²) in [6.07, 6.45) is 1.88. The van der Waals surface area contributed by atoms with Crippen LogP contribution in [0.2, 0.25) is 0 Å². The number of hydrogen-bond donors (Lipinski definition) is 1. The van der Waals surface area contributed by atoms with Gasteiger partial charge in [0.2, 0.25) is 6.08 Å². The first-order valence-electron chi connectivity index (χ1n) is 4.14. The van der Waals surface area contributed by atoms with E-state index in [1.165, 1.54) is 6.08 Å². The second kappa shape index (κ2) is 4.77. The highest BCUT2D eigenvalue weighted by atomic mass is 16.4. The summed E-state index contributed by atoms with van der Waals surface area (Å²) in [5.74, 6) is -0.937. The maximum Gasteiger partial charge on any atom is 0.305 e. The number of isocyanates is 1. The molecule has 0 aliphatic heterocycles. The van der Waals surface area contributed by atoms with E-state index in [2.05, 4.69) is 4.99 Å². The van der Waals surface area contributed by atoms with Crippen LogP contribution in [0.25, 0.3) is 0 Å². The Bertz CT molecular complexity index is 224. The van der Waals surface area contributed by atoms with E-state index in [1.807, 2.05) is 20.8 Å². The Morgan fingerprint density at radius 2 is 2.08 bits per heavy atom. The molecule has 0 spiro atoms. The summed E-state index contributed by atoms with van der Waals surface area (Å²) in [5, 5.41) is 8.52. The maximum absolute atomic E-state index is 10.4. The maximum atomic E-state index is 10.4. The Morgan fingerprint density at radius 3 is 2.38 bits per heavy atom. The molecule has 1 N–H and O–H groups in total. The molecule has 0 amide bonds. The average Bonchev–Trinajstić information content (AvgIpc) is 1.81. The topological polar surface area (TPSA) is 66.7 Å². The first kappa shape index (κ1) is 11.8. The molecule has 0 heterocycles. The van der Waals surface area contributed by atoms with Gasteiger partial charge < -0.3 is 5.11 Å². The second-order valence-corrected chi connectivity index (χ2v) is 4.24. The number of nitrogens with zero attached hydrogens (tertiary/aromatic N) is 1. The smallest absolute Gasteiger partial charge is 0.305 e. The first-order valence-corrected chi connectivity index (χ1v) is 4.14. The number of rotatable bonds is 4. The van der Waals surface area contributed by atoms with Crippen molar-refractivity contribution in [1.82, 2.24) is 0 Å². The quantitative estimate of drug-likeness (QED) is 0.534. The van der Waals surface area contributed by atoms with Gasteiger partial charge in [0.1, 0.15) is 0 Å². The van der Waals surface area contributed by atoms with Crippen molar-refractivity contribution in [1.29, 1.82) is 0 Å². The van der Waals surface area contributed by atoms with E-state index in [9.17, 15) is 9.59 Å². The van der Waals surface area contributed by atoms with E-state index < -0.39 is 12.0 Å². The summed E-state index contributed by atoms with van der Waals surface area (Å²) in [6, 6.07) is -0.449. The van der Waals surface area contributed by atoms with Crippen molar-refractivity contribution in [2.45, 2.75) is 39.7 Å². The molecule has 0 rings (SSSR count). The fourth-order valence-electron chi connectivity index (χ4n) is 1.15. The SMILES string of the molecule is CC(C)(C)CC(CC(=O)O)N=C=O. The molecule has 1 atom stereocenters. The molecule has 1 unspecified atom stereocenters. The standard InChI is InChI=1S/C9H15NO3/c1-9(2,3)5-7(10-6-11)4-8(12)13/h7H,4-5H2,1-3H3,(H,12,13). The number of hydrogen-bond acceptors (Lipinski definition) is 3. The molecule has 13 heavy (non-hydrogen) atoms. The van der Waals surface area contributed by atoms with Crippen molar-refractivity contribution in [2.24, 2.45) is 10.4 Å². The van der Waals surface area contributed by atoms with Crippen LogP contribution in [0.4, 0.5) is 0 Å². The zero-order valence-corrected chi connectivity index (χ0v) is 8.20. The van der Waals surface area contributed by atoms with Crippen molar-refractivity contribution < 1.29 is 14.7 Å². The van der Waals surface area contributed by atoms with E-state index in [1.54, 1.807) is 0 Å². The summed E-state index contributed by atoms with van der Waals surface area (Å²) in [6.45, 7) is 5.92. The van der Waals surface area contributed by atoms with Gasteiger partial charge in [0.15, 0.2) is 0 Å². The highest BCUT2D eigenvalue weighted by Crippen LogP contribution is 2.23. The minimum atomic E-state index is -0.937. The number of carboxylic acid groups (broad SMARTS) is 1. The third kappa shape index (κ3) is 7.22. The molecular weight excluding hydrogens is 170 g/mol. The number of aliphatic carboxylic acids is 1. The normalized spacial score (nSPS) is 13.2. The van der Waals surface area contributed by atoms with Crippen molar-refractivity contribution in [2.75, 3.05) is 0 Å². The lowest BCUT2D eigenvalue weighted by molar-refractivity contribution is -0.137. The van der Waals surface area contributed by atoms with Gasteiger partial charge in [0, 0.05) is 0 Å². The summed E-state index contributed by atoms with van der Waals surface area (Å²) < 4.78 is 0. The van der Waals surface area contributed by atoms with E-state index in [0.717, 1.165) is 0 Å². The van der Waals surface area contributed by atoms with Gasteiger partial charge in [0.25, 0.3) is 0 Å². The van der Waals surface area contributed by atoms with Gasteiger partial charge in [-0.3, -0.25) is 4.79 Å². The van der Waals surface area contributed by atoms with Crippen LogP contribution in [0.1, 0.15) is 33.6 Å². The summed E-state index contributed by atoms with van der Waals surface area (Å²) in [7, 11) is 0. The van der Waals surface area contributed by atoms with Crippen molar-refractivity contribution in [3.8, 4) is 0 Å². The van der Waals surface area contributed by atoms with Gasteiger partial charge >= 0.3 is 5.97 Å². The van der Waals surface area contributed by atoms with E-state index in [0.29, 0.717) is 6.42 Å². The molecule has 0 aromatic heterocycles. The van der Waals surface area contributed by atoms with Crippen molar-refractivity contribution in [3.63, 3.8) is 0 Å². The lowest BCUT2D eigenvalue weighted by Crippen LogP contribution is -2.19. The predicted molar refractivity (Wildman–Crippen MR) is 48.2 cm³/mol. The molecule has 0 bridgehead atoms. The molecule has 0 saturated carbocycles. The largest absolute Gasteiger partial charge is 0.481 e. The monoisotopic (exact) mass is 185 g/mol. The van der Waals surface area contributed by atoms with Gasteiger partial charge in [-0.2, -0.15) is 0 Å². The third-order valence-electron chi connectivity index (χ3n) is 1.49. The Morgan fingerprint density at radius 1 is 1.54 bits per heavy atom. The Labute approximate surface area is 77.7 Å². The molecule has 0 saturated heterocycles. The van der Waals surface area contributed by atoms with Gasteiger partial charge in [-0.05, 0) is 11.8 Å². The number of carbonyl (C=O) groups is 1. The van der Waals surface area contributed by atoms with E-state index >= 15 is 0 Å². The molecule has 4 nitrogen and oxygen atoms in total. The molecule has 4 heteroatoms. The second-order valence-electron chi connectivity index (χ2n) is 4.24. The Hall–Kier alpha value is -1.15. The molecule has 74 valence electrons. The molecule has 0 fully saturated rings. The number of carboxylic acids is 1. The molecular formula is C9H15NO3. The van der Waals surface area contributed by atoms with Gasteiger partial charge in [-0.1, -0.05) is 20.8 Å². The van der Waals surface area contributed by atoms with Gasteiger partial charge in [0.05, 0.1) is 12.5 Å². The zero-order valence-electron chi connectivity index (χ0n) is 8.20.